The quantitative estimate of drug-likeness (QED) is 0.665. The highest BCUT2D eigenvalue weighted by Crippen LogP contribution is 2.43. The minimum Gasteiger partial charge on any atom is -0.497 e. The number of benzene rings is 2. The van der Waals surface area contributed by atoms with Crippen LogP contribution in [-0.2, 0) is 11.3 Å². The molecule has 0 aliphatic heterocycles. The molecule has 0 radical (unpaired) electrons. The van der Waals surface area contributed by atoms with Crippen molar-refractivity contribution in [3.05, 3.63) is 47.2 Å². The van der Waals surface area contributed by atoms with Gasteiger partial charge in [0.25, 0.3) is 0 Å². The van der Waals surface area contributed by atoms with Crippen LogP contribution in [0.1, 0.15) is 5.56 Å². The average molecular weight is 333 g/mol. The molecular formula is C18H17ClO4. The third-order valence-electron chi connectivity index (χ3n) is 3.72. The molecule has 0 bridgehead atoms. The second kappa shape index (κ2) is 6.52. The van der Waals surface area contributed by atoms with Gasteiger partial charge in [0.2, 0.25) is 0 Å². The van der Waals surface area contributed by atoms with E-state index in [0.717, 1.165) is 21.9 Å². The molecule has 1 heterocycles. The summed E-state index contributed by atoms with van der Waals surface area (Å²) in [5.74, 6) is 2.00. The Hall–Kier alpha value is -2.17. The van der Waals surface area contributed by atoms with Gasteiger partial charge >= 0.3 is 0 Å². The van der Waals surface area contributed by atoms with Gasteiger partial charge in [-0.05, 0) is 17.7 Å². The number of rotatable bonds is 5. The summed E-state index contributed by atoms with van der Waals surface area (Å²) < 4.78 is 22.0. The van der Waals surface area contributed by atoms with Gasteiger partial charge in [-0.25, -0.2) is 0 Å². The molecule has 5 heteroatoms. The molecule has 0 saturated heterocycles. The van der Waals surface area contributed by atoms with Crippen molar-refractivity contribution in [2.75, 3.05) is 21.3 Å². The Kier molecular flexibility index (Phi) is 4.46. The molecule has 0 amide bonds. The van der Waals surface area contributed by atoms with Gasteiger partial charge in [0, 0.05) is 23.9 Å². The molecule has 0 saturated carbocycles. The molecule has 0 N–H and O–H groups in total. The highest BCUT2D eigenvalue weighted by Gasteiger charge is 2.21. The number of hydrogen-bond acceptors (Lipinski definition) is 4. The molecule has 1 aromatic heterocycles. The number of furan rings is 1. The maximum Gasteiger partial charge on any atom is 0.147 e. The highest BCUT2D eigenvalue weighted by molar-refractivity contribution is 6.36. The molecular weight excluding hydrogens is 316 g/mol. The summed E-state index contributed by atoms with van der Waals surface area (Å²) in [7, 11) is 4.87. The van der Waals surface area contributed by atoms with Crippen LogP contribution in [0.4, 0.5) is 0 Å². The van der Waals surface area contributed by atoms with Crippen LogP contribution in [0.5, 0.6) is 11.5 Å². The van der Waals surface area contributed by atoms with E-state index in [1.807, 2.05) is 30.3 Å². The molecule has 3 aromatic rings. The highest BCUT2D eigenvalue weighted by atomic mass is 35.5. The second-order valence-corrected chi connectivity index (χ2v) is 5.47. The normalized spacial score (nSPS) is 11.0. The van der Waals surface area contributed by atoms with Crippen molar-refractivity contribution >= 4 is 22.4 Å². The van der Waals surface area contributed by atoms with Crippen molar-refractivity contribution in [2.24, 2.45) is 0 Å². The van der Waals surface area contributed by atoms with E-state index in [4.69, 9.17) is 30.2 Å². The van der Waals surface area contributed by atoms with Gasteiger partial charge in [-0.2, -0.15) is 0 Å². The molecule has 23 heavy (non-hydrogen) atoms. The van der Waals surface area contributed by atoms with Gasteiger partial charge in [0.1, 0.15) is 17.3 Å². The molecule has 4 nitrogen and oxygen atoms in total. The maximum atomic E-state index is 6.38. The Morgan fingerprint density at radius 2 is 1.91 bits per heavy atom. The maximum absolute atomic E-state index is 6.38. The van der Waals surface area contributed by atoms with Crippen molar-refractivity contribution in [2.45, 2.75) is 6.61 Å². The lowest BCUT2D eigenvalue weighted by Gasteiger charge is -2.14. The lowest BCUT2D eigenvalue weighted by Crippen LogP contribution is -1.98. The zero-order chi connectivity index (χ0) is 16.4. The third kappa shape index (κ3) is 2.76. The second-order valence-electron chi connectivity index (χ2n) is 5.07. The summed E-state index contributed by atoms with van der Waals surface area (Å²) in [6.45, 7) is 0.398. The lowest BCUT2D eigenvalue weighted by molar-refractivity contribution is 0.184. The molecule has 3 rings (SSSR count). The Labute approximate surface area is 139 Å². The van der Waals surface area contributed by atoms with Crippen LogP contribution >= 0.6 is 11.6 Å². The van der Waals surface area contributed by atoms with E-state index in [1.54, 1.807) is 27.6 Å². The van der Waals surface area contributed by atoms with Gasteiger partial charge in [-0.1, -0.05) is 23.7 Å². The van der Waals surface area contributed by atoms with Gasteiger partial charge in [0.05, 0.1) is 37.7 Å². The average Bonchev–Trinajstić information content (AvgIpc) is 2.99. The minimum atomic E-state index is 0.398. The van der Waals surface area contributed by atoms with Crippen molar-refractivity contribution < 1.29 is 18.6 Å². The van der Waals surface area contributed by atoms with Gasteiger partial charge in [0.15, 0.2) is 0 Å². The molecule has 0 aliphatic carbocycles. The van der Waals surface area contributed by atoms with Crippen LogP contribution in [0.15, 0.2) is 41.0 Å². The zero-order valence-electron chi connectivity index (χ0n) is 13.2. The van der Waals surface area contributed by atoms with Gasteiger partial charge in [-0.15, -0.1) is 0 Å². The van der Waals surface area contributed by atoms with E-state index in [2.05, 4.69) is 0 Å². The number of hydrogen-bond donors (Lipinski definition) is 0. The molecule has 0 fully saturated rings. The summed E-state index contributed by atoms with van der Waals surface area (Å²) >= 11 is 6.38. The summed E-state index contributed by atoms with van der Waals surface area (Å²) in [5, 5.41) is 2.43. The molecule has 2 aromatic carbocycles. The lowest BCUT2D eigenvalue weighted by atomic mass is 10.0. The van der Waals surface area contributed by atoms with Crippen LogP contribution in [0.3, 0.4) is 0 Å². The van der Waals surface area contributed by atoms with Crippen LogP contribution in [0, 0.1) is 0 Å². The summed E-state index contributed by atoms with van der Waals surface area (Å²) in [5.41, 5.74) is 1.72. The first kappa shape index (κ1) is 15.7. The number of halogens is 1. The fourth-order valence-corrected chi connectivity index (χ4v) is 2.96. The summed E-state index contributed by atoms with van der Waals surface area (Å²) in [6, 6.07) is 9.42. The van der Waals surface area contributed by atoms with Gasteiger partial charge < -0.3 is 18.6 Å². The third-order valence-corrected chi connectivity index (χ3v) is 4.03. The minimum absolute atomic E-state index is 0.398. The van der Waals surface area contributed by atoms with E-state index in [0.29, 0.717) is 28.9 Å². The van der Waals surface area contributed by atoms with E-state index in [9.17, 15) is 0 Å². The van der Waals surface area contributed by atoms with E-state index >= 15 is 0 Å². The summed E-state index contributed by atoms with van der Waals surface area (Å²) in [4.78, 5) is 0. The topological polar surface area (TPSA) is 40.8 Å². The number of methoxy groups -OCH3 is 3. The van der Waals surface area contributed by atoms with E-state index in [1.165, 1.54) is 0 Å². The Morgan fingerprint density at radius 1 is 1.09 bits per heavy atom. The first-order valence-corrected chi connectivity index (χ1v) is 7.47. The van der Waals surface area contributed by atoms with E-state index < -0.39 is 0 Å². The molecule has 0 unspecified atom stereocenters. The number of fused-ring (bicyclic) bond motifs is 1. The van der Waals surface area contributed by atoms with Crippen LogP contribution in [0.25, 0.3) is 22.1 Å². The van der Waals surface area contributed by atoms with Gasteiger partial charge in [-0.3, -0.25) is 0 Å². The predicted molar refractivity (Wildman–Crippen MR) is 90.5 cm³/mol. The fraction of sp³-hybridized carbons (Fsp3) is 0.222. The van der Waals surface area contributed by atoms with Crippen molar-refractivity contribution in [3.63, 3.8) is 0 Å². The predicted octanol–water partition coefficient (Wildman–Crippen LogP) is 4.92. The first-order chi connectivity index (χ1) is 11.2. The molecule has 0 atom stereocenters. The fourth-order valence-electron chi connectivity index (χ4n) is 2.69. The monoisotopic (exact) mass is 332 g/mol. The van der Waals surface area contributed by atoms with Crippen LogP contribution < -0.4 is 9.47 Å². The van der Waals surface area contributed by atoms with Crippen LogP contribution in [0.2, 0.25) is 5.02 Å². The standard InChI is InChI=1S/C18H17ClO4/c1-20-9-12-7-13(21-2)8-15(22-3)17(12)18-16-11(10-23-18)5-4-6-14(16)19/h4-8,10H,9H2,1-3H3. The number of ether oxygens (including phenoxy) is 3. The Bertz CT molecular complexity index is 838. The Morgan fingerprint density at radius 3 is 2.61 bits per heavy atom. The van der Waals surface area contributed by atoms with Crippen LogP contribution in [-0.4, -0.2) is 21.3 Å². The molecule has 0 spiro atoms. The molecule has 0 aliphatic rings. The SMILES string of the molecule is COCc1cc(OC)cc(OC)c1-c1occ2cccc(Cl)c12. The van der Waals surface area contributed by atoms with Crippen molar-refractivity contribution in [1.29, 1.82) is 0 Å². The Balaban J connectivity index is 2.32. The first-order valence-electron chi connectivity index (χ1n) is 7.09. The zero-order valence-corrected chi connectivity index (χ0v) is 13.9. The van der Waals surface area contributed by atoms with Crippen molar-refractivity contribution in [3.8, 4) is 22.8 Å². The summed E-state index contributed by atoms with van der Waals surface area (Å²) in [6.07, 6.45) is 1.69. The van der Waals surface area contributed by atoms with Crippen molar-refractivity contribution in [1.82, 2.24) is 0 Å². The largest absolute Gasteiger partial charge is 0.497 e. The molecule has 120 valence electrons. The smallest absolute Gasteiger partial charge is 0.147 e. The van der Waals surface area contributed by atoms with E-state index in [-0.39, 0.29) is 0 Å².